The van der Waals surface area contributed by atoms with Gasteiger partial charge >= 0.3 is 0 Å². The van der Waals surface area contributed by atoms with Crippen LogP contribution in [0.2, 0.25) is 0 Å². The quantitative estimate of drug-likeness (QED) is 0.843. The Morgan fingerprint density at radius 1 is 1.38 bits per heavy atom. The molecule has 0 radical (unpaired) electrons. The van der Waals surface area contributed by atoms with E-state index in [0.717, 1.165) is 17.5 Å². The molecule has 0 atom stereocenters. The molecule has 16 heavy (non-hydrogen) atoms. The highest BCUT2D eigenvalue weighted by Crippen LogP contribution is 2.13. The van der Waals surface area contributed by atoms with E-state index < -0.39 is 10.0 Å². The van der Waals surface area contributed by atoms with Crippen molar-refractivity contribution < 1.29 is 8.42 Å². The maximum atomic E-state index is 11.1. The van der Waals surface area contributed by atoms with Crippen molar-refractivity contribution in [2.24, 2.45) is 0 Å². The van der Waals surface area contributed by atoms with Crippen molar-refractivity contribution in [1.29, 1.82) is 0 Å². The summed E-state index contributed by atoms with van der Waals surface area (Å²) in [6.45, 7) is 4.44. The molecule has 0 fully saturated rings. The molecule has 0 amide bonds. The number of rotatable bonds is 4. The summed E-state index contributed by atoms with van der Waals surface area (Å²) in [6, 6.07) is 7.67. The maximum Gasteiger partial charge on any atom is 0.225 e. The lowest BCUT2D eigenvalue weighted by molar-refractivity contribution is 0.583. The van der Waals surface area contributed by atoms with E-state index in [1.54, 1.807) is 5.01 Å². The zero-order valence-corrected chi connectivity index (χ0v) is 11.2. The van der Waals surface area contributed by atoms with E-state index in [0.29, 0.717) is 6.54 Å². The van der Waals surface area contributed by atoms with E-state index >= 15 is 0 Å². The third-order valence-corrected chi connectivity index (χ3v) is 2.46. The lowest BCUT2D eigenvalue weighted by atomic mass is 10.2. The number of aryl methyl sites for hydroxylation is 1. The monoisotopic (exact) mass is 264 g/mol. The SMILES string of the molecule is CCN(NS(C)(=O)=O)c1cccc(C)c1.Cl. The molecule has 1 N–H and O–H groups in total. The molecule has 0 saturated heterocycles. The van der Waals surface area contributed by atoms with Gasteiger partial charge in [0.2, 0.25) is 10.0 Å². The Bertz CT molecular complexity index is 434. The summed E-state index contributed by atoms with van der Waals surface area (Å²) < 4.78 is 22.2. The number of nitrogens with one attached hydrogen (secondary N) is 1. The number of hydrazine groups is 1. The third-order valence-electron chi connectivity index (χ3n) is 1.91. The largest absolute Gasteiger partial charge is 0.295 e. The first-order chi connectivity index (χ1) is 6.92. The first-order valence-corrected chi connectivity index (χ1v) is 6.63. The minimum atomic E-state index is -3.22. The first kappa shape index (κ1) is 15.2. The molecule has 0 heterocycles. The minimum Gasteiger partial charge on any atom is -0.295 e. The van der Waals surface area contributed by atoms with Crippen molar-refractivity contribution in [2.75, 3.05) is 17.8 Å². The summed E-state index contributed by atoms with van der Waals surface area (Å²) in [7, 11) is -3.22. The van der Waals surface area contributed by atoms with E-state index in [-0.39, 0.29) is 12.4 Å². The molecule has 0 aliphatic carbocycles. The highest BCUT2D eigenvalue weighted by molar-refractivity contribution is 7.88. The molecule has 0 spiro atoms. The molecule has 1 rings (SSSR count). The average molecular weight is 265 g/mol. The number of nitrogens with zero attached hydrogens (tertiary/aromatic N) is 1. The highest BCUT2D eigenvalue weighted by Gasteiger charge is 2.09. The summed E-state index contributed by atoms with van der Waals surface area (Å²) in [5, 5.41) is 1.60. The van der Waals surface area contributed by atoms with E-state index in [2.05, 4.69) is 4.83 Å². The molecule has 4 nitrogen and oxygen atoms in total. The second-order valence-corrected chi connectivity index (χ2v) is 5.17. The molecule has 1 aromatic rings. The predicted molar refractivity (Wildman–Crippen MR) is 69.4 cm³/mol. The number of sulfonamides is 1. The molecule has 0 aromatic heterocycles. The van der Waals surface area contributed by atoms with Gasteiger partial charge in [-0.15, -0.1) is 17.2 Å². The molecule has 0 unspecified atom stereocenters. The van der Waals surface area contributed by atoms with Crippen molar-refractivity contribution in [3.8, 4) is 0 Å². The Hall–Kier alpha value is -0.780. The summed E-state index contributed by atoms with van der Waals surface area (Å²) in [4.78, 5) is 2.45. The fourth-order valence-electron chi connectivity index (χ4n) is 1.30. The van der Waals surface area contributed by atoms with Gasteiger partial charge in [-0.3, -0.25) is 5.01 Å². The van der Waals surface area contributed by atoms with Crippen LogP contribution < -0.4 is 9.84 Å². The first-order valence-electron chi connectivity index (χ1n) is 4.74. The Morgan fingerprint density at radius 3 is 2.44 bits per heavy atom. The molecule has 0 aliphatic heterocycles. The normalized spacial score (nSPS) is 10.7. The Labute approximate surface area is 103 Å². The summed E-state index contributed by atoms with van der Waals surface area (Å²) in [6.07, 6.45) is 1.14. The van der Waals surface area contributed by atoms with Gasteiger partial charge in [0.1, 0.15) is 0 Å². The number of halogens is 1. The minimum absolute atomic E-state index is 0. The van der Waals surface area contributed by atoms with Gasteiger partial charge in [-0.2, -0.15) is 0 Å². The van der Waals surface area contributed by atoms with Crippen LogP contribution in [0.15, 0.2) is 24.3 Å². The smallest absolute Gasteiger partial charge is 0.225 e. The predicted octanol–water partition coefficient (Wildman–Crippen LogP) is 1.71. The Balaban J connectivity index is 0.00000225. The van der Waals surface area contributed by atoms with E-state index in [1.807, 2.05) is 38.1 Å². The van der Waals surface area contributed by atoms with Gasteiger partial charge in [0, 0.05) is 6.54 Å². The van der Waals surface area contributed by atoms with Gasteiger partial charge < -0.3 is 0 Å². The van der Waals surface area contributed by atoms with Crippen LogP contribution in [0.3, 0.4) is 0 Å². The molecule has 92 valence electrons. The number of hydrogen-bond acceptors (Lipinski definition) is 3. The maximum absolute atomic E-state index is 11.1. The van der Waals surface area contributed by atoms with Crippen molar-refractivity contribution in [2.45, 2.75) is 13.8 Å². The lowest BCUT2D eigenvalue weighted by Gasteiger charge is -2.22. The number of hydrogen-bond donors (Lipinski definition) is 1. The number of anilines is 1. The van der Waals surface area contributed by atoms with E-state index in [1.165, 1.54) is 0 Å². The molecular weight excluding hydrogens is 248 g/mol. The van der Waals surface area contributed by atoms with Crippen molar-refractivity contribution >= 4 is 28.1 Å². The van der Waals surface area contributed by atoms with Gasteiger partial charge in [-0.1, -0.05) is 12.1 Å². The fraction of sp³-hybridized carbons (Fsp3) is 0.400. The van der Waals surface area contributed by atoms with Crippen LogP contribution in [-0.2, 0) is 10.0 Å². The Kier molecular flexibility index (Phi) is 5.78. The van der Waals surface area contributed by atoms with Crippen molar-refractivity contribution in [1.82, 2.24) is 4.83 Å². The molecule has 0 aliphatic rings. The molecule has 1 aromatic carbocycles. The summed E-state index contributed by atoms with van der Waals surface area (Å²) >= 11 is 0. The zero-order valence-electron chi connectivity index (χ0n) is 9.60. The Morgan fingerprint density at radius 2 is 2.00 bits per heavy atom. The standard InChI is InChI=1S/C10H16N2O2S.ClH/c1-4-12(11-15(3,13)14)10-7-5-6-9(2)8-10;/h5-8,11H,4H2,1-3H3;1H. The van der Waals surface area contributed by atoms with Gasteiger partial charge in [0.05, 0.1) is 11.9 Å². The van der Waals surface area contributed by atoms with Gasteiger partial charge in [0.25, 0.3) is 0 Å². The topological polar surface area (TPSA) is 49.4 Å². The van der Waals surface area contributed by atoms with Crippen LogP contribution in [0.5, 0.6) is 0 Å². The van der Waals surface area contributed by atoms with Crippen LogP contribution in [-0.4, -0.2) is 21.2 Å². The van der Waals surface area contributed by atoms with Crippen LogP contribution in [0.4, 0.5) is 5.69 Å². The fourth-order valence-corrected chi connectivity index (χ4v) is 1.93. The van der Waals surface area contributed by atoms with Crippen molar-refractivity contribution in [3.05, 3.63) is 29.8 Å². The second kappa shape index (κ2) is 6.08. The van der Waals surface area contributed by atoms with Crippen LogP contribution >= 0.6 is 12.4 Å². The molecule has 6 heteroatoms. The van der Waals surface area contributed by atoms with E-state index in [9.17, 15) is 8.42 Å². The van der Waals surface area contributed by atoms with E-state index in [4.69, 9.17) is 0 Å². The van der Waals surface area contributed by atoms with Gasteiger partial charge in [-0.25, -0.2) is 8.42 Å². The number of benzene rings is 1. The lowest BCUT2D eigenvalue weighted by Crippen LogP contribution is -2.41. The van der Waals surface area contributed by atoms with Crippen LogP contribution in [0.1, 0.15) is 12.5 Å². The van der Waals surface area contributed by atoms with Gasteiger partial charge in [-0.05, 0) is 31.5 Å². The second-order valence-electron chi connectivity index (χ2n) is 3.45. The summed E-state index contributed by atoms with van der Waals surface area (Å²) in [5.41, 5.74) is 1.95. The van der Waals surface area contributed by atoms with Crippen molar-refractivity contribution in [3.63, 3.8) is 0 Å². The summed E-state index contributed by atoms with van der Waals surface area (Å²) in [5.74, 6) is 0. The molecule has 0 bridgehead atoms. The molecule has 0 saturated carbocycles. The zero-order chi connectivity index (χ0) is 11.5. The third kappa shape index (κ3) is 4.83. The van der Waals surface area contributed by atoms with Crippen LogP contribution in [0.25, 0.3) is 0 Å². The van der Waals surface area contributed by atoms with Gasteiger partial charge in [0.15, 0.2) is 0 Å². The molecular formula is C10H17ClN2O2S. The highest BCUT2D eigenvalue weighted by atomic mass is 35.5. The van der Waals surface area contributed by atoms with Crippen LogP contribution in [0, 0.1) is 6.92 Å². The average Bonchev–Trinajstić information content (AvgIpc) is 2.13.